The lowest BCUT2D eigenvalue weighted by molar-refractivity contribution is -0.135. The molecule has 0 saturated carbocycles. The number of carbonyl (C=O) groups excluding carboxylic acids is 1. The minimum Gasteiger partial charge on any atom is -0.394 e. The van der Waals surface area contributed by atoms with Crippen LogP contribution in [0.1, 0.15) is 35.1 Å². The van der Waals surface area contributed by atoms with Crippen molar-refractivity contribution in [1.82, 2.24) is 14.7 Å². The maximum Gasteiger partial charge on any atom is 0.223 e. The van der Waals surface area contributed by atoms with E-state index in [9.17, 15) is 9.90 Å². The molecule has 0 spiro atoms. The van der Waals surface area contributed by atoms with Crippen molar-refractivity contribution < 1.29 is 9.90 Å². The molecule has 0 aromatic carbocycles. The fourth-order valence-electron chi connectivity index (χ4n) is 2.60. The van der Waals surface area contributed by atoms with E-state index in [1.807, 2.05) is 25.1 Å². The third kappa shape index (κ3) is 4.91. The summed E-state index contributed by atoms with van der Waals surface area (Å²) in [7, 11) is 1.87. The Labute approximate surface area is 141 Å². The van der Waals surface area contributed by atoms with Crippen LogP contribution in [-0.2, 0) is 24.8 Å². The van der Waals surface area contributed by atoms with E-state index < -0.39 is 0 Å². The van der Waals surface area contributed by atoms with Crippen molar-refractivity contribution in [1.29, 1.82) is 0 Å². The van der Waals surface area contributed by atoms with Crippen LogP contribution in [0, 0.1) is 6.92 Å². The molecule has 2 aromatic rings. The number of thiophene rings is 1. The zero-order chi connectivity index (χ0) is 16.8. The standard InChI is InChI=1S/C17H25N3O2S/c1-4-15(12-21)20(11-16-7-5-13(2)23-16)17(22)8-6-14-9-18-19(3)10-14/h5,7,9-10,15,21H,4,6,8,11-12H2,1-3H3. The second kappa shape index (κ2) is 8.26. The summed E-state index contributed by atoms with van der Waals surface area (Å²) in [5.74, 6) is 0.0841. The molecule has 2 rings (SSSR count). The summed E-state index contributed by atoms with van der Waals surface area (Å²) in [6.07, 6.45) is 5.59. The van der Waals surface area contributed by atoms with Gasteiger partial charge in [-0.05, 0) is 37.5 Å². The summed E-state index contributed by atoms with van der Waals surface area (Å²) in [5.41, 5.74) is 1.06. The average molecular weight is 335 g/mol. The monoisotopic (exact) mass is 335 g/mol. The van der Waals surface area contributed by atoms with Gasteiger partial charge in [0.25, 0.3) is 0 Å². The van der Waals surface area contributed by atoms with Gasteiger partial charge in [0.1, 0.15) is 0 Å². The Hall–Kier alpha value is -1.66. The lowest BCUT2D eigenvalue weighted by atomic mass is 10.1. The number of aryl methyl sites for hydroxylation is 3. The molecule has 0 saturated heterocycles. The molecule has 23 heavy (non-hydrogen) atoms. The molecule has 1 unspecified atom stereocenters. The molecule has 126 valence electrons. The second-order valence-corrected chi connectivity index (χ2v) is 7.17. The Morgan fingerprint density at radius 1 is 1.48 bits per heavy atom. The maximum absolute atomic E-state index is 12.7. The summed E-state index contributed by atoms with van der Waals surface area (Å²) < 4.78 is 1.74. The first kappa shape index (κ1) is 17.7. The molecule has 1 N–H and O–H groups in total. The number of amides is 1. The summed E-state index contributed by atoms with van der Waals surface area (Å²) >= 11 is 1.70. The average Bonchev–Trinajstić information content (AvgIpc) is 3.13. The molecule has 1 atom stereocenters. The van der Waals surface area contributed by atoms with Crippen molar-refractivity contribution in [3.8, 4) is 0 Å². The number of carbonyl (C=O) groups is 1. The summed E-state index contributed by atoms with van der Waals surface area (Å²) in [6, 6.07) is 4.00. The lowest BCUT2D eigenvalue weighted by Crippen LogP contribution is -2.41. The van der Waals surface area contributed by atoms with Gasteiger partial charge in [0.2, 0.25) is 5.91 Å². The number of nitrogens with zero attached hydrogens (tertiary/aromatic N) is 3. The molecule has 0 bridgehead atoms. The Morgan fingerprint density at radius 3 is 2.78 bits per heavy atom. The molecule has 1 amide bonds. The van der Waals surface area contributed by atoms with Gasteiger partial charge in [0.15, 0.2) is 0 Å². The Bertz CT molecular complexity index is 631. The molecule has 2 heterocycles. The fourth-order valence-corrected chi connectivity index (χ4v) is 3.49. The minimum absolute atomic E-state index is 0.000506. The van der Waals surface area contributed by atoms with E-state index in [-0.39, 0.29) is 18.6 Å². The third-order valence-electron chi connectivity index (χ3n) is 3.95. The van der Waals surface area contributed by atoms with Gasteiger partial charge >= 0.3 is 0 Å². The number of hydrogen-bond acceptors (Lipinski definition) is 4. The first-order valence-electron chi connectivity index (χ1n) is 7.96. The van der Waals surface area contributed by atoms with E-state index in [0.29, 0.717) is 19.4 Å². The first-order valence-corrected chi connectivity index (χ1v) is 8.78. The van der Waals surface area contributed by atoms with Crippen molar-refractivity contribution in [2.45, 2.75) is 45.7 Å². The smallest absolute Gasteiger partial charge is 0.223 e. The van der Waals surface area contributed by atoms with Crippen LogP contribution in [-0.4, -0.2) is 38.3 Å². The van der Waals surface area contributed by atoms with Crippen LogP contribution in [0.25, 0.3) is 0 Å². The van der Waals surface area contributed by atoms with Gasteiger partial charge in [-0.3, -0.25) is 9.48 Å². The zero-order valence-electron chi connectivity index (χ0n) is 14.0. The van der Waals surface area contributed by atoms with E-state index in [1.165, 1.54) is 4.88 Å². The molecular weight excluding hydrogens is 310 g/mol. The zero-order valence-corrected chi connectivity index (χ0v) is 14.8. The van der Waals surface area contributed by atoms with Crippen molar-refractivity contribution in [3.63, 3.8) is 0 Å². The maximum atomic E-state index is 12.7. The molecular formula is C17H25N3O2S. The molecule has 0 aliphatic rings. The van der Waals surface area contributed by atoms with E-state index in [4.69, 9.17) is 0 Å². The highest BCUT2D eigenvalue weighted by atomic mass is 32.1. The minimum atomic E-state index is -0.126. The van der Waals surface area contributed by atoms with E-state index in [0.717, 1.165) is 16.9 Å². The largest absolute Gasteiger partial charge is 0.394 e. The Kier molecular flexibility index (Phi) is 6.36. The molecule has 2 aromatic heterocycles. The summed E-state index contributed by atoms with van der Waals surface area (Å²) in [5, 5.41) is 13.7. The van der Waals surface area contributed by atoms with E-state index in [1.54, 1.807) is 22.2 Å². The van der Waals surface area contributed by atoms with Gasteiger partial charge in [-0.25, -0.2) is 0 Å². The molecule has 0 aliphatic carbocycles. The highest BCUT2D eigenvalue weighted by molar-refractivity contribution is 7.11. The topological polar surface area (TPSA) is 58.4 Å². The van der Waals surface area contributed by atoms with Crippen LogP contribution >= 0.6 is 11.3 Å². The number of aliphatic hydroxyl groups is 1. The highest BCUT2D eigenvalue weighted by Crippen LogP contribution is 2.20. The van der Waals surface area contributed by atoms with Crippen molar-refractivity contribution in [2.75, 3.05) is 6.61 Å². The van der Waals surface area contributed by atoms with Gasteiger partial charge in [-0.1, -0.05) is 6.92 Å². The summed E-state index contributed by atoms with van der Waals surface area (Å²) in [6.45, 7) is 4.64. The van der Waals surface area contributed by atoms with Crippen LogP contribution in [0.2, 0.25) is 0 Å². The van der Waals surface area contributed by atoms with Crippen LogP contribution in [0.5, 0.6) is 0 Å². The van der Waals surface area contributed by atoms with Gasteiger partial charge in [-0.2, -0.15) is 5.10 Å². The van der Waals surface area contributed by atoms with Crippen molar-refractivity contribution in [2.24, 2.45) is 7.05 Å². The molecule has 6 heteroatoms. The molecule has 0 aliphatic heterocycles. The van der Waals surface area contributed by atoms with E-state index >= 15 is 0 Å². The highest BCUT2D eigenvalue weighted by Gasteiger charge is 2.22. The Balaban J connectivity index is 2.04. The van der Waals surface area contributed by atoms with Gasteiger partial charge < -0.3 is 10.0 Å². The quantitative estimate of drug-likeness (QED) is 0.806. The number of rotatable bonds is 8. The van der Waals surface area contributed by atoms with Crippen LogP contribution in [0.4, 0.5) is 0 Å². The van der Waals surface area contributed by atoms with Crippen LogP contribution in [0.15, 0.2) is 24.5 Å². The lowest BCUT2D eigenvalue weighted by Gasteiger charge is -2.29. The first-order chi connectivity index (χ1) is 11.0. The predicted molar refractivity (Wildman–Crippen MR) is 92.3 cm³/mol. The summed E-state index contributed by atoms with van der Waals surface area (Å²) in [4.78, 5) is 16.9. The fraction of sp³-hybridized carbons (Fsp3) is 0.529. The predicted octanol–water partition coefficient (Wildman–Crippen LogP) is 2.52. The Morgan fingerprint density at radius 2 is 2.26 bits per heavy atom. The normalized spacial score (nSPS) is 12.3. The van der Waals surface area contributed by atoms with Gasteiger partial charge in [0.05, 0.1) is 25.4 Å². The van der Waals surface area contributed by atoms with Crippen LogP contribution < -0.4 is 0 Å². The van der Waals surface area contributed by atoms with Gasteiger partial charge in [0, 0.05) is 29.4 Å². The molecule has 0 radical (unpaired) electrons. The SMILES string of the molecule is CCC(CO)N(Cc1ccc(C)s1)C(=O)CCc1cnn(C)c1. The molecule has 0 fully saturated rings. The van der Waals surface area contributed by atoms with E-state index in [2.05, 4.69) is 24.2 Å². The van der Waals surface area contributed by atoms with Crippen LogP contribution in [0.3, 0.4) is 0 Å². The third-order valence-corrected chi connectivity index (χ3v) is 4.94. The second-order valence-electron chi connectivity index (χ2n) is 5.80. The van der Waals surface area contributed by atoms with Crippen molar-refractivity contribution in [3.05, 3.63) is 39.8 Å². The molecule has 5 nitrogen and oxygen atoms in total. The number of aromatic nitrogens is 2. The number of aliphatic hydroxyl groups excluding tert-OH is 1. The van der Waals surface area contributed by atoms with Crippen molar-refractivity contribution >= 4 is 17.2 Å². The van der Waals surface area contributed by atoms with Gasteiger partial charge in [-0.15, -0.1) is 11.3 Å². The number of hydrogen-bond donors (Lipinski definition) is 1.